The Bertz CT molecular complexity index is 973. The summed E-state index contributed by atoms with van der Waals surface area (Å²) in [5.74, 6) is -0.240. The van der Waals surface area contributed by atoms with Crippen molar-refractivity contribution in [3.05, 3.63) is 43.9 Å². The number of cyclic esters (lactones) is 1. The van der Waals surface area contributed by atoms with Gasteiger partial charge in [-0.2, -0.15) is 0 Å². The molecule has 0 saturated heterocycles. The van der Waals surface area contributed by atoms with E-state index in [4.69, 9.17) is 25.8 Å². The quantitative estimate of drug-likeness (QED) is 0.543. The van der Waals surface area contributed by atoms with Crippen molar-refractivity contribution in [1.29, 1.82) is 0 Å². The highest BCUT2D eigenvalue weighted by atomic mass is 79.9. The van der Waals surface area contributed by atoms with Gasteiger partial charge in [0.15, 0.2) is 11.5 Å². The van der Waals surface area contributed by atoms with Crippen molar-refractivity contribution in [1.82, 2.24) is 0 Å². The predicted octanol–water partition coefficient (Wildman–Crippen LogP) is 5.67. The topological polar surface area (TPSA) is 85.2 Å². The molecule has 3 rings (SSSR count). The largest absolute Gasteiger partial charge is 0.503 e. The number of ether oxygens (including phenoxy) is 3. The lowest BCUT2D eigenvalue weighted by Gasteiger charge is -2.24. The van der Waals surface area contributed by atoms with Crippen LogP contribution in [0.15, 0.2) is 16.6 Å². The number of aromatic hydroxyl groups is 1. The van der Waals surface area contributed by atoms with E-state index in [2.05, 4.69) is 15.9 Å². The number of aliphatic hydroxyl groups is 1. The van der Waals surface area contributed by atoms with Crippen molar-refractivity contribution in [2.45, 2.75) is 39.9 Å². The number of halogens is 2. The van der Waals surface area contributed by atoms with Crippen LogP contribution in [0.5, 0.6) is 23.0 Å². The number of methoxy groups -OCH3 is 1. The summed E-state index contributed by atoms with van der Waals surface area (Å²) < 4.78 is 17.4. The average Bonchev–Trinajstić information content (AvgIpc) is 2.67. The SMILES string of the molecule is COc1c([C@@H](O)CC(C)C)ccc2c1C(=O)OCc1c(Br)c(C)c(Cl)c(O)c1O2. The third-order valence-corrected chi connectivity index (χ3v) is 6.33. The Morgan fingerprint density at radius 1 is 1.34 bits per heavy atom. The Morgan fingerprint density at radius 3 is 2.66 bits per heavy atom. The van der Waals surface area contributed by atoms with Gasteiger partial charge in [-0.1, -0.05) is 25.4 Å². The highest BCUT2D eigenvalue weighted by Crippen LogP contribution is 2.49. The number of hydrogen-bond donors (Lipinski definition) is 2. The molecule has 1 aliphatic heterocycles. The molecular weight excluding hydrogens is 464 g/mol. The molecule has 1 atom stereocenters. The fraction of sp³-hybridized carbons (Fsp3) is 0.381. The molecule has 1 aliphatic rings. The molecule has 0 unspecified atom stereocenters. The number of hydrogen-bond acceptors (Lipinski definition) is 6. The normalized spacial score (nSPS) is 14.3. The molecule has 1 heterocycles. The number of phenolic OH excluding ortho intramolecular Hbond substituents is 1. The van der Waals surface area contributed by atoms with Crippen LogP contribution in [0.3, 0.4) is 0 Å². The molecule has 0 saturated carbocycles. The summed E-state index contributed by atoms with van der Waals surface area (Å²) in [7, 11) is 1.41. The molecular formula is C21H22BrClO6. The number of carbonyl (C=O) groups is 1. The van der Waals surface area contributed by atoms with Crippen LogP contribution in [0.4, 0.5) is 0 Å². The number of phenols is 1. The van der Waals surface area contributed by atoms with E-state index in [0.717, 1.165) is 0 Å². The molecule has 29 heavy (non-hydrogen) atoms. The highest BCUT2D eigenvalue weighted by molar-refractivity contribution is 9.10. The van der Waals surface area contributed by atoms with Gasteiger partial charge >= 0.3 is 5.97 Å². The maximum Gasteiger partial charge on any atom is 0.346 e. The van der Waals surface area contributed by atoms with Crippen molar-refractivity contribution in [3.8, 4) is 23.0 Å². The van der Waals surface area contributed by atoms with Crippen LogP contribution in [0.2, 0.25) is 5.02 Å². The number of carbonyl (C=O) groups excluding carboxylic acids is 1. The fourth-order valence-electron chi connectivity index (χ4n) is 3.32. The van der Waals surface area contributed by atoms with Crippen LogP contribution in [0.25, 0.3) is 0 Å². The molecule has 2 aromatic rings. The first kappa shape index (κ1) is 21.7. The minimum absolute atomic E-state index is 0.0469. The summed E-state index contributed by atoms with van der Waals surface area (Å²) in [5, 5.41) is 21.3. The summed E-state index contributed by atoms with van der Waals surface area (Å²) in [4.78, 5) is 12.8. The van der Waals surface area contributed by atoms with Crippen LogP contribution in [0, 0.1) is 12.8 Å². The van der Waals surface area contributed by atoms with Crippen molar-refractivity contribution >= 4 is 33.5 Å². The van der Waals surface area contributed by atoms with Gasteiger partial charge in [0.1, 0.15) is 23.7 Å². The Kier molecular flexibility index (Phi) is 6.31. The molecule has 0 aromatic heterocycles. The summed E-state index contributed by atoms with van der Waals surface area (Å²) >= 11 is 9.65. The molecule has 0 spiro atoms. The van der Waals surface area contributed by atoms with E-state index in [1.807, 2.05) is 13.8 Å². The zero-order valence-electron chi connectivity index (χ0n) is 16.5. The molecule has 6 nitrogen and oxygen atoms in total. The predicted molar refractivity (Wildman–Crippen MR) is 112 cm³/mol. The molecule has 8 heteroatoms. The summed E-state index contributed by atoms with van der Waals surface area (Å²) in [6, 6.07) is 3.19. The standard InChI is InChI=1S/C21H22BrClO6/c1-9(2)7-13(24)11-5-6-14-15(19(11)27-4)21(26)28-8-12-16(22)10(3)17(23)18(25)20(12)29-14/h5-6,9,13,24-25H,7-8H2,1-4H3/t13-/m0/s1. The highest BCUT2D eigenvalue weighted by Gasteiger charge is 2.31. The monoisotopic (exact) mass is 484 g/mol. The Labute approximate surface area is 182 Å². The number of aliphatic hydroxyl groups excluding tert-OH is 1. The molecule has 0 fully saturated rings. The first-order valence-electron chi connectivity index (χ1n) is 9.10. The molecule has 2 N–H and O–H groups in total. The van der Waals surface area contributed by atoms with Crippen LogP contribution >= 0.6 is 27.5 Å². The van der Waals surface area contributed by atoms with E-state index in [1.165, 1.54) is 7.11 Å². The number of rotatable bonds is 4. The summed E-state index contributed by atoms with van der Waals surface area (Å²) in [6.45, 7) is 5.57. The van der Waals surface area contributed by atoms with Gasteiger partial charge in [0.2, 0.25) is 0 Å². The molecule has 2 aromatic carbocycles. The zero-order valence-corrected chi connectivity index (χ0v) is 18.8. The Hall–Kier alpha value is -1.96. The third kappa shape index (κ3) is 3.91. The van der Waals surface area contributed by atoms with Crippen molar-refractivity contribution in [2.75, 3.05) is 7.11 Å². The second-order valence-corrected chi connectivity index (χ2v) is 8.46. The number of esters is 1. The van der Waals surface area contributed by atoms with Gasteiger partial charge in [0.05, 0.1) is 23.8 Å². The van der Waals surface area contributed by atoms with Crippen molar-refractivity contribution in [3.63, 3.8) is 0 Å². The lowest BCUT2D eigenvalue weighted by atomic mass is 9.96. The molecule has 0 bridgehead atoms. The minimum atomic E-state index is -0.819. The summed E-state index contributed by atoms with van der Waals surface area (Å²) in [5.41, 5.74) is 1.58. The van der Waals surface area contributed by atoms with Gasteiger partial charge in [0.25, 0.3) is 0 Å². The van der Waals surface area contributed by atoms with Crippen molar-refractivity contribution in [2.24, 2.45) is 5.92 Å². The molecule has 0 aliphatic carbocycles. The van der Waals surface area contributed by atoms with Gasteiger partial charge in [0, 0.05) is 10.0 Å². The van der Waals surface area contributed by atoms with E-state index in [1.54, 1.807) is 19.1 Å². The first-order valence-corrected chi connectivity index (χ1v) is 10.3. The van der Waals surface area contributed by atoms with Crippen LogP contribution in [-0.4, -0.2) is 23.3 Å². The Balaban J connectivity index is 2.19. The Morgan fingerprint density at radius 2 is 2.03 bits per heavy atom. The van der Waals surface area contributed by atoms with Crippen molar-refractivity contribution < 1.29 is 29.2 Å². The molecule has 156 valence electrons. The van der Waals surface area contributed by atoms with Gasteiger partial charge in [-0.25, -0.2) is 4.79 Å². The number of benzene rings is 2. The lowest BCUT2D eigenvalue weighted by Crippen LogP contribution is -2.15. The van der Waals surface area contributed by atoms with E-state index in [0.29, 0.717) is 27.6 Å². The fourth-order valence-corrected chi connectivity index (χ4v) is 4.10. The van der Waals surface area contributed by atoms with Gasteiger partial charge in [-0.15, -0.1) is 0 Å². The third-order valence-electron chi connectivity index (χ3n) is 4.79. The van der Waals surface area contributed by atoms with E-state index in [9.17, 15) is 15.0 Å². The maximum atomic E-state index is 12.8. The lowest BCUT2D eigenvalue weighted by molar-refractivity contribution is 0.0453. The van der Waals surface area contributed by atoms with E-state index < -0.39 is 12.1 Å². The van der Waals surface area contributed by atoms with Crippen LogP contribution in [0.1, 0.15) is 53.4 Å². The van der Waals surface area contributed by atoms with Gasteiger partial charge < -0.3 is 24.4 Å². The second-order valence-electron chi connectivity index (χ2n) is 7.29. The number of fused-ring (bicyclic) bond motifs is 2. The zero-order chi connectivity index (χ0) is 21.5. The summed E-state index contributed by atoms with van der Waals surface area (Å²) in [6.07, 6.45) is -0.323. The maximum absolute atomic E-state index is 12.8. The van der Waals surface area contributed by atoms with E-state index >= 15 is 0 Å². The first-order chi connectivity index (χ1) is 13.7. The molecule has 0 amide bonds. The van der Waals surface area contributed by atoms with Gasteiger partial charge in [-0.3, -0.25) is 0 Å². The second kappa shape index (κ2) is 8.42. The molecule has 0 radical (unpaired) electrons. The van der Waals surface area contributed by atoms with Crippen LogP contribution < -0.4 is 9.47 Å². The minimum Gasteiger partial charge on any atom is -0.503 e. The average molecular weight is 486 g/mol. The van der Waals surface area contributed by atoms with Crippen LogP contribution in [-0.2, 0) is 11.3 Å². The van der Waals surface area contributed by atoms with Gasteiger partial charge in [-0.05, 0) is 52.9 Å². The van der Waals surface area contributed by atoms with E-state index in [-0.39, 0.29) is 46.1 Å². The smallest absolute Gasteiger partial charge is 0.346 e.